The van der Waals surface area contributed by atoms with Gasteiger partial charge in [-0.1, -0.05) is 62.4 Å². The Labute approximate surface area is 120 Å². The number of rotatable bonds is 5. The highest BCUT2D eigenvalue weighted by Crippen LogP contribution is 2.21. The molecular formula is C18H21NO. The summed E-state index contributed by atoms with van der Waals surface area (Å²) in [5.41, 5.74) is 1.86. The van der Waals surface area contributed by atoms with E-state index in [1.165, 1.54) is 0 Å². The van der Waals surface area contributed by atoms with Crippen LogP contribution in [0.1, 0.15) is 42.2 Å². The molecule has 0 aliphatic rings. The molecule has 0 saturated heterocycles. The fourth-order valence-corrected chi connectivity index (χ4v) is 2.27. The average molecular weight is 267 g/mol. The van der Waals surface area contributed by atoms with Crippen LogP contribution in [0.25, 0.3) is 0 Å². The first-order chi connectivity index (χ1) is 9.66. The van der Waals surface area contributed by atoms with Crippen molar-refractivity contribution >= 4 is 5.91 Å². The van der Waals surface area contributed by atoms with Gasteiger partial charge in [0.1, 0.15) is 0 Å². The third-order valence-electron chi connectivity index (χ3n) is 3.25. The zero-order valence-electron chi connectivity index (χ0n) is 12.0. The highest BCUT2D eigenvalue weighted by atomic mass is 16.1. The Morgan fingerprint density at radius 1 is 0.950 bits per heavy atom. The van der Waals surface area contributed by atoms with Gasteiger partial charge in [-0.15, -0.1) is 0 Å². The van der Waals surface area contributed by atoms with E-state index in [0.717, 1.165) is 12.0 Å². The van der Waals surface area contributed by atoms with Gasteiger partial charge in [0.05, 0.1) is 6.04 Å². The van der Waals surface area contributed by atoms with Crippen molar-refractivity contribution in [2.24, 2.45) is 5.92 Å². The van der Waals surface area contributed by atoms with Crippen LogP contribution < -0.4 is 5.32 Å². The number of hydrogen-bond acceptors (Lipinski definition) is 1. The van der Waals surface area contributed by atoms with Gasteiger partial charge in [0.2, 0.25) is 0 Å². The molecule has 2 aromatic carbocycles. The molecule has 0 heterocycles. The molecule has 2 aromatic rings. The van der Waals surface area contributed by atoms with Gasteiger partial charge in [-0.25, -0.2) is 0 Å². The van der Waals surface area contributed by atoms with E-state index in [0.29, 0.717) is 11.5 Å². The second-order valence-corrected chi connectivity index (χ2v) is 5.43. The number of hydrogen-bond donors (Lipinski definition) is 1. The molecule has 0 fully saturated rings. The van der Waals surface area contributed by atoms with E-state index in [4.69, 9.17) is 0 Å². The van der Waals surface area contributed by atoms with E-state index in [-0.39, 0.29) is 11.9 Å². The number of benzene rings is 2. The quantitative estimate of drug-likeness (QED) is 0.864. The molecule has 0 radical (unpaired) electrons. The van der Waals surface area contributed by atoms with Gasteiger partial charge < -0.3 is 5.32 Å². The van der Waals surface area contributed by atoms with Gasteiger partial charge >= 0.3 is 0 Å². The van der Waals surface area contributed by atoms with Crippen LogP contribution in [0.3, 0.4) is 0 Å². The molecule has 1 amide bonds. The minimum atomic E-state index is -0.0138. The Morgan fingerprint density at radius 2 is 1.50 bits per heavy atom. The third-order valence-corrected chi connectivity index (χ3v) is 3.25. The van der Waals surface area contributed by atoms with Gasteiger partial charge in [0, 0.05) is 5.56 Å². The summed E-state index contributed by atoms with van der Waals surface area (Å²) in [5.74, 6) is 0.511. The lowest BCUT2D eigenvalue weighted by Crippen LogP contribution is -2.29. The fraction of sp³-hybridized carbons (Fsp3) is 0.278. The summed E-state index contributed by atoms with van der Waals surface area (Å²) in [7, 11) is 0. The normalized spacial score (nSPS) is 12.2. The Balaban J connectivity index is 2.14. The highest BCUT2D eigenvalue weighted by molar-refractivity contribution is 5.94. The molecule has 1 N–H and O–H groups in total. The molecule has 0 spiro atoms. The summed E-state index contributed by atoms with van der Waals surface area (Å²) >= 11 is 0. The summed E-state index contributed by atoms with van der Waals surface area (Å²) in [6.45, 7) is 4.34. The lowest BCUT2D eigenvalue weighted by atomic mass is 9.96. The minimum absolute atomic E-state index is 0.0138. The summed E-state index contributed by atoms with van der Waals surface area (Å²) in [6, 6.07) is 19.6. The van der Waals surface area contributed by atoms with E-state index in [1.807, 2.05) is 48.5 Å². The zero-order valence-corrected chi connectivity index (χ0v) is 12.0. The maximum absolute atomic E-state index is 12.3. The van der Waals surface area contributed by atoms with Crippen LogP contribution in [0.4, 0.5) is 0 Å². The predicted octanol–water partition coefficient (Wildman–Crippen LogP) is 4.20. The Bertz CT molecular complexity index is 534. The standard InChI is InChI=1S/C18H21NO/c1-14(2)13-17(15-9-5-3-6-10-15)19-18(20)16-11-7-4-8-12-16/h3-12,14,17H,13H2,1-2H3,(H,19,20)/t17-/m0/s1. The molecule has 0 saturated carbocycles. The SMILES string of the molecule is CC(C)C[C@H](NC(=O)c1ccccc1)c1ccccc1. The second-order valence-electron chi connectivity index (χ2n) is 5.43. The van der Waals surface area contributed by atoms with Gasteiger partial charge in [-0.2, -0.15) is 0 Å². The van der Waals surface area contributed by atoms with E-state index in [9.17, 15) is 4.79 Å². The van der Waals surface area contributed by atoms with E-state index in [1.54, 1.807) is 0 Å². The smallest absolute Gasteiger partial charge is 0.251 e. The highest BCUT2D eigenvalue weighted by Gasteiger charge is 2.16. The molecule has 0 bridgehead atoms. The van der Waals surface area contributed by atoms with Crippen LogP contribution in [0.15, 0.2) is 60.7 Å². The van der Waals surface area contributed by atoms with Crippen LogP contribution in [-0.4, -0.2) is 5.91 Å². The van der Waals surface area contributed by atoms with Crippen molar-refractivity contribution in [1.29, 1.82) is 0 Å². The molecule has 0 aromatic heterocycles. The van der Waals surface area contributed by atoms with Crippen LogP contribution in [0, 0.1) is 5.92 Å². The van der Waals surface area contributed by atoms with Crippen molar-refractivity contribution in [2.45, 2.75) is 26.3 Å². The topological polar surface area (TPSA) is 29.1 Å². The summed E-state index contributed by atoms with van der Waals surface area (Å²) in [5, 5.41) is 3.14. The number of carbonyl (C=O) groups excluding carboxylic acids is 1. The number of amides is 1. The molecule has 1 atom stereocenters. The first-order valence-corrected chi connectivity index (χ1v) is 7.07. The molecule has 2 heteroatoms. The van der Waals surface area contributed by atoms with Crippen molar-refractivity contribution in [3.63, 3.8) is 0 Å². The molecular weight excluding hydrogens is 246 g/mol. The van der Waals surface area contributed by atoms with Crippen molar-refractivity contribution in [3.05, 3.63) is 71.8 Å². The van der Waals surface area contributed by atoms with Crippen molar-refractivity contribution in [2.75, 3.05) is 0 Å². The average Bonchev–Trinajstić information content (AvgIpc) is 2.48. The number of carbonyl (C=O) groups is 1. The van der Waals surface area contributed by atoms with Crippen LogP contribution in [0.5, 0.6) is 0 Å². The maximum atomic E-state index is 12.3. The van der Waals surface area contributed by atoms with Gasteiger partial charge in [-0.05, 0) is 30.0 Å². The second kappa shape index (κ2) is 6.90. The molecule has 104 valence electrons. The largest absolute Gasteiger partial charge is 0.345 e. The predicted molar refractivity (Wildman–Crippen MR) is 82.5 cm³/mol. The summed E-state index contributed by atoms with van der Waals surface area (Å²) in [6.07, 6.45) is 0.933. The first-order valence-electron chi connectivity index (χ1n) is 7.07. The summed E-state index contributed by atoms with van der Waals surface area (Å²) < 4.78 is 0. The van der Waals surface area contributed by atoms with Crippen LogP contribution in [-0.2, 0) is 0 Å². The third kappa shape index (κ3) is 3.95. The molecule has 0 aliphatic heterocycles. The molecule has 20 heavy (non-hydrogen) atoms. The van der Waals surface area contributed by atoms with Gasteiger partial charge in [0.15, 0.2) is 0 Å². The van der Waals surface area contributed by atoms with Crippen LogP contribution >= 0.6 is 0 Å². The zero-order chi connectivity index (χ0) is 14.4. The van der Waals surface area contributed by atoms with Gasteiger partial charge in [-0.3, -0.25) is 4.79 Å². The molecule has 0 aliphatic carbocycles. The molecule has 2 rings (SSSR count). The van der Waals surface area contributed by atoms with Crippen molar-refractivity contribution in [1.82, 2.24) is 5.32 Å². The van der Waals surface area contributed by atoms with Gasteiger partial charge in [0.25, 0.3) is 5.91 Å². The summed E-state index contributed by atoms with van der Waals surface area (Å²) in [4.78, 5) is 12.3. The van der Waals surface area contributed by atoms with Crippen molar-refractivity contribution < 1.29 is 4.79 Å². The van der Waals surface area contributed by atoms with E-state index < -0.39 is 0 Å². The Hall–Kier alpha value is -2.09. The van der Waals surface area contributed by atoms with E-state index in [2.05, 4.69) is 31.3 Å². The number of nitrogens with one attached hydrogen (secondary N) is 1. The monoisotopic (exact) mass is 267 g/mol. The Kier molecular flexibility index (Phi) is 4.94. The molecule has 0 unspecified atom stereocenters. The minimum Gasteiger partial charge on any atom is -0.345 e. The van der Waals surface area contributed by atoms with E-state index >= 15 is 0 Å². The molecule has 2 nitrogen and oxygen atoms in total. The lowest BCUT2D eigenvalue weighted by molar-refractivity contribution is 0.0932. The lowest BCUT2D eigenvalue weighted by Gasteiger charge is -2.21. The Morgan fingerprint density at radius 3 is 2.05 bits per heavy atom. The van der Waals surface area contributed by atoms with Crippen molar-refractivity contribution in [3.8, 4) is 0 Å². The van der Waals surface area contributed by atoms with Crippen LogP contribution in [0.2, 0.25) is 0 Å². The fourth-order valence-electron chi connectivity index (χ4n) is 2.27. The first kappa shape index (κ1) is 14.3. The maximum Gasteiger partial charge on any atom is 0.251 e.